The van der Waals surface area contributed by atoms with Crippen LogP contribution in [0.2, 0.25) is 0 Å². The van der Waals surface area contributed by atoms with Crippen LogP contribution in [0.15, 0.2) is 24.3 Å². The van der Waals surface area contributed by atoms with Gasteiger partial charge in [0.25, 0.3) is 0 Å². The van der Waals surface area contributed by atoms with Crippen LogP contribution in [0.4, 0.5) is 0 Å². The van der Waals surface area contributed by atoms with Crippen molar-refractivity contribution >= 4 is 0 Å². The summed E-state index contributed by atoms with van der Waals surface area (Å²) >= 11 is 0. The lowest BCUT2D eigenvalue weighted by Gasteiger charge is -1.81. The van der Waals surface area contributed by atoms with Gasteiger partial charge < -0.3 is 0 Å². The summed E-state index contributed by atoms with van der Waals surface area (Å²) in [6, 6.07) is 0. The Bertz CT molecular complexity index is 74.0. The van der Waals surface area contributed by atoms with Crippen molar-refractivity contribution in [1.29, 1.82) is 0 Å². The van der Waals surface area contributed by atoms with Gasteiger partial charge in [-0.15, -0.1) is 6.58 Å². The highest BCUT2D eigenvalue weighted by molar-refractivity contribution is 4.96. The molecular weight excluding hydrogens is 108 g/mol. The van der Waals surface area contributed by atoms with Crippen LogP contribution in [0.1, 0.15) is 34.1 Å². The van der Waals surface area contributed by atoms with Crippen LogP contribution in [0.25, 0.3) is 0 Å². The largest absolute Gasteiger partial charge is 0.103 e. The van der Waals surface area contributed by atoms with E-state index >= 15 is 0 Å². The van der Waals surface area contributed by atoms with Crippen molar-refractivity contribution in [1.82, 2.24) is 0 Å². The van der Waals surface area contributed by atoms with E-state index in [0.717, 1.165) is 6.42 Å². The second-order valence-corrected chi connectivity index (χ2v) is 1.81. The molecule has 0 aliphatic rings. The van der Waals surface area contributed by atoms with Crippen molar-refractivity contribution in [2.24, 2.45) is 0 Å². The van der Waals surface area contributed by atoms with E-state index in [2.05, 4.69) is 26.5 Å². The molecule has 0 heterocycles. The topological polar surface area (TPSA) is 0 Å². The third-order valence-electron chi connectivity index (χ3n) is 0.693. The monoisotopic (exact) mass is 126 g/mol. The molecule has 9 heavy (non-hydrogen) atoms. The van der Waals surface area contributed by atoms with Crippen molar-refractivity contribution in [3.63, 3.8) is 0 Å². The zero-order valence-electron chi connectivity index (χ0n) is 7.07. The molecule has 0 spiro atoms. The zero-order chi connectivity index (χ0) is 7.70. The zero-order valence-corrected chi connectivity index (χ0v) is 7.07. The number of rotatable bonds is 2. The quantitative estimate of drug-likeness (QED) is 0.496. The smallest absolute Gasteiger partial charge is 0.0169 e. The minimum absolute atomic E-state index is 1.00. The molecule has 0 heteroatoms. The fourth-order valence-electron chi connectivity index (χ4n) is 0.319. The molecule has 0 fully saturated rings. The fraction of sp³-hybridized carbons (Fsp3) is 0.556. The van der Waals surface area contributed by atoms with Crippen LogP contribution in [-0.4, -0.2) is 0 Å². The van der Waals surface area contributed by atoms with Gasteiger partial charge in [-0.3, -0.25) is 0 Å². The Hall–Kier alpha value is -0.520. The van der Waals surface area contributed by atoms with E-state index < -0.39 is 0 Å². The third kappa shape index (κ3) is 18.5. The van der Waals surface area contributed by atoms with Crippen molar-refractivity contribution in [2.45, 2.75) is 34.1 Å². The van der Waals surface area contributed by atoms with Gasteiger partial charge in [0.2, 0.25) is 0 Å². The normalized spacial score (nSPS) is 6.67. The molecule has 0 nitrogen and oxygen atoms in total. The van der Waals surface area contributed by atoms with Crippen LogP contribution in [0.3, 0.4) is 0 Å². The van der Waals surface area contributed by atoms with Crippen LogP contribution in [0.5, 0.6) is 0 Å². The minimum atomic E-state index is 1.00. The van der Waals surface area contributed by atoms with Gasteiger partial charge in [0.05, 0.1) is 0 Å². The Morgan fingerprint density at radius 2 is 1.78 bits per heavy atom. The lowest BCUT2D eigenvalue weighted by atomic mass is 10.3. The van der Waals surface area contributed by atoms with E-state index in [1.165, 1.54) is 5.57 Å². The number of hydrogen-bond acceptors (Lipinski definition) is 0. The summed E-state index contributed by atoms with van der Waals surface area (Å²) in [5, 5.41) is 0. The second kappa shape index (κ2) is 10.5. The van der Waals surface area contributed by atoms with Gasteiger partial charge in [-0.2, -0.15) is 0 Å². The Morgan fingerprint density at radius 1 is 1.33 bits per heavy atom. The Morgan fingerprint density at radius 3 is 1.89 bits per heavy atom. The van der Waals surface area contributed by atoms with Gasteiger partial charge in [0.15, 0.2) is 0 Å². The van der Waals surface area contributed by atoms with Gasteiger partial charge in [0, 0.05) is 0 Å². The maximum atomic E-state index is 3.59. The standard InChI is InChI=1S/C7H12.C2H6/c1-4-5-6-7(2)3;1-2/h4,6H,1,5H2,2-3H3;1-2H3. The van der Waals surface area contributed by atoms with Crippen LogP contribution in [0, 0.1) is 0 Å². The molecule has 0 unspecified atom stereocenters. The molecule has 0 radical (unpaired) electrons. The molecule has 0 aliphatic heterocycles. The average molecular weight is 126 g/mol. The van der Waals surface area contributed by atoms with E-state index in [0.29, 0.717) is 0 Å². The van der Waals surface area contributed by atoms with Crippen LogP contribution >= 0.6 is 0 Å². The highest BCUT2D eigenvalue weighted by Crippen LogP contribution is 1.91. The highest BCUT2D eigenvalue weighted by Gasteiger charge is 1.69. The fourth-order valence-corrected chi connectivity index (χ4v) is 0.319. The first-order chi connectivity index (χ1) is 4.27. The third-order valence-corrected chi connectivity index (χ3v) is 0.693. The number of allylic oxidation sites excluding steroid dienone is 3. The Balaban J connectivity index is 0. The van der Waals surface area contributed by atoms with E-state index in [-0.39, 0.29) is 0 Å². The molecule has 0 rings (SSSR count). The molecule has 0 aromatic rings. The van der Waals surface area contributed by atoms with Crippen molar-refractivity contribution in [3.05, 3.63) is 24.3 Å². The summed E-state index contributed by atoms with van der Waals surface area (Å²) in [5.74, 6) is 0. The first kappa shape index (κ1) is 11.3. The van der Waals surface area contributed by atoms with Gasteiger partial charge in [-0.1, -0.05) is 31.6 Å². The molecule has 0 atom stereocenters. The summed E-state index contributed by atoms with van der Waals surface area (Å²) < 4.78 is 0. The molecule has 0 saturated carbocycles. The summed E-state index contributed by atoms with van der Waals surface area (Å²) in [6.45, 7) is 11.8. The molecule has 0 aromatic carbocycles. The summed E-state index contributed by atoms with van der Waals surface area (Å²) in [7, 11) is 0. The van der Waals surface area contributed by atoms with Crippen molar-refractivity contribution < 1.29 is 0 Å². The maximum absolute atomic E-state index is 3.59. The first-order valence-electron chi connectivity index (χ1n) is 3.51. The SMILES string of the molecule is C=CCC=C(C)C.CC. The molecular formula is C9H18. The summed E-state index contributed by atoms with van der Waals surface area (Å²) in [4.78, 5) is 0. The molecule has 0 N–H and O–H groups in total. The second-order valence-electron chi connectivity index (χ2n) is 1.81. The Kier molecular flexibility index (Phi) is 13.1. The lowest BCUT2D eigenvalue weighted by Crippen LogP contribution is -1.60. The highest BCUT2D eigenvalue weighted by atomic mass is 13.8. The van der Waals surface area contributed by atoms with Crippen molar-refractivity contribution in [3.8, 4) is 0 Å². The minimum Gasteiger partial charge on any atom is -0.103 e. The van der Waals surface area contributed by atoms with Crippen LogP contribution < -0.4 is 0 Å². The summed E-state index contributed by atoms with van der Waals surface area (Å²) in [6.07, 6.45) is 5.04. The van der Waals surface area contributed by atoms with Gasteiger partial charge in [-0.25, -0.2) is 0 Å². The van der Waals surface area contributed by atoms with Gasteiger partial charge in [-0.05, 0) is 20.3 Å². The lowest BCUT2D eigenvalue weighted by molar-refractivity contribution is 1.28. The van der Waals surface area contributed by atoms with Gasteiger partial charge >= 0.3 is 0 Å². The predicted molar refractivity (Wildman–Crippen MR) is 45.6 cm³/mol. The molecule has 0 aliphatic carbocycles. The van der Waals surface area contributed by atoms with E-state index in [4.69, 9.17) is 0 Å². The van der Waals surface area contributed by atoms with Gasteiger partial charge in [0.1, 0.15) is 0 Å². The van der Waals surface area contributed by atoms with Crippen molar-refractivity contribution in [2.75, 3.05) is 0 Å². The van der Waals surface area contributed by atoms with Crippen LogP contribution in [-0.2, 0) is 0 Å². The van der Waals surface area contributed by atoms with E-state index in [1.54, 1.807) is 0 Å². The molecule has 54 valence electrons. The molecule has 0 amide bonds. The number of hydrogen-bond donors (Lipinski definition) is 0. The predicted octanol–water partition coefficient (Wildman–Crippen LogP) is 3.55. The van der Waals surface area contributed by atoms with E-state index in [9.17, 15) is 0 Å². The first-order valence-corrected chi connectivity index (χ1v) is 3.51. The summed E-state index contributed by atoms with van der Waals surface area (Å²) in [5.41, 5.74) is 1.36. The van der Waals surface area contributed by atoms with E-state index in [1.807, 2.05) is 19.9 Å². The average Bonchev–Trinajstić information content (AvgIpc) is 1.88. The molecule has 0 aromatic heterocycles. The molecule has 0 bridgehead atoms. The maximum Gasteiger partial charge on any atom is -0.0169 e. The Labute approximate surface area is 59.3 Å². The molecule has 0 saturated heterocycles.